The van der Waals surface area contributed by atoms with Crippen LogP contribution in [0.1, 0.15) is 10.6 Å². The highest BCUT2D eigenvalue weighted by Gasteiger charge is 2.20. The summed E-state index contributed by atoms with van der Waals surface area (Å²) in [5.74, 6) is -0.450. The van der Waals surface area contributed by atoms with E-state index in [1.807, 2.05) is 0 Å². The summed E-state index contributed by atoms with van der Waals surface area (Å²) in [6, 6.07) is 6.98. The molecule has 2 aromatic rings. The van der Waals surface area contributed by atoms with Crippen LogP contribution in [0.15, 0.2) is 28.7 Å². The average Bonchev–Trinajstić information content (AvgIpc) is 2.56. The Balaban J connectivity index is 2.63. The van der Waals surface area contributed by atoms with Gasteiger partial charge in [-0.2, -0.15) is 0 Å². The van der Waals surface area contributed by atoms with Gasteiger partial charge in [0.1, 0.15) is 5.58 Å². The first kappa shape index (κ1) is 9.58. The summed E-state index contributed by atoms with van der Waals surface area (Å²) in [6.07, 6.45) is 0. The second kappa shape index (κ2) is 3.31. The molecule has 2 rings (SSSR count). The van der Waals surface area contributed by atoms with Gasteiger partial charge in [0.05, 0.1) is 5.39 Å². The summed E-state index contributed by atoms with van der Waals surface area (Å²) in [6.45, 7) is 0. The van der Waals surface area contributed by atoms with Crippen LogP contribution < -0.4 is 0 Å². The Bertz CT molecular complexity index is 514. The molecule has 1 aromatic heterocycles. The summed E-state index contributed by atoms with van der Waals surface area (Å²) in [7, 11) is 3.21. The van der Waals surface area contributed by atoms with Crippen LogP contribution in [0.25, 0.3) is 11.0 Å². The standard InChI is InChI=1S/C11H11NO3/c1-12(2)11(14)10-9(13)7-5-3-4-6-8(7)15-10/h3-6,13H,1-2H3. The van der Waals surface area contributed by atoms with E-state index >= 15 is 0 Å². The molecule has 0 fully saturated rings. The van der Waals surface area contributed by atoms with Crippen LogP contribution >= 0.6 is 0 Å². The highest BCUT2D eigenvalue weighted by Crippen LogP contribution is 2.31. The van der Waals surface area contributed by atoms with Gasteiger partial charge in [0, 0.05) is 14.1 Å². The number of hydrogen-bond acceptors (Lipinski definition) is 3. The zero-order valence-corrected chi connectivity index (χ0v) is 8.52. The highest BCUT2D eigenvalue weighted by molar-refractivity contribution is 6.00. The number of carbonyl (C=O) groups is 1. The van der Waals surface area contributed by atoms with E-state index in [2.05, 4.69) is 0 Å². The van der Waals surface area contributed by atoms with Crippen LogP contribution in [0.2, 0.25) is 0 Å². The fourth-order valence-electron chi connectivity index (χ4n) is 1.38. The van der Waals surface area contributed by atoms with Crippen LogP contribution in [0, 0.1) is 0 Å². The maximum Gasteiger partial charge on any atom is 0.293 e. The first-order chi connectivity index (χ1) is 7.11. The van der Waals surface area contributed by atoms with Gasteiger partial charge in [-0.05, 0) is 12.1 Å². The van der Waals surface area contributed by atoms with Crippen LogP contribution in [0.5, 0.6) is 5.75 Å². The monoisotopic (exact) mass is 205 g/mol. The van der Waals surface area contributed by atoms with Crippen molar-refractivity contribution in [3.05, 3.63) is 30.0 Å². The molecule has 78 valence electrons. The van der Waals surface area contributed by atoms with E-state index in [1.165, 1.54) is 4.90 Å². The van der Waals surface area contributed by atoms with Crippen molar-refractivity contribution in [1.82, 2.24) is 4.90 Å². The Hall–Kier alpha value is -1.97. The first-order valence-electron chi connectivity index (χ1n) is 4.53. The fourth-order valence-corrected chi connectivity index (χ4v) is 1.38. The number of nitrogens with zero attached hydrogens (tertiary/aromatic N) is 1. The minimum Gasteiger partial charge on any atom is -0.504 e. The Kier molecular flexibility index (Phi) is 2.11. The summed E-state index contributed by atoms with van der Waals surface area (Å²) in [5.41, 5.74) is 0.514. The zero-order chi connectivity index (χ0) is 11.0. The van der Waals surface area contributed by atoms with Crippen LogP contribution in [0.3, 0.4) is 0 Å². The molecule has 0 aliphatic rings. The lowest BCUT2D eigenvalue weighted by molar-refractivity contribution is 0.0795. The van der Waals surface area contributed by atoms with Gasteiger partial charge in [-0.15, -0.1) is 0 Å². The first-order valence-corrected chi connectivity index (χ1v) is 4.53. The zero-order valence-electron chi connectivity index (χ0n) is 8.52. The van der Waals surface area contributed by atoms with Crippen molar-refractivity contribution in [2.45, 2.75) is 0 Å². The second-order valence-electron chi connectivity index (χ2n) is 3.48. The number of rotatable bonds is 1. The molecule has 0 aliphatic heterocycles. The molecule has 0 bridgehead atoms. The second-order valence-corrected chi connectivity index (χ2v) is 3.48. The van der Waals surface area contributed by atoms with Crippen molar-refractivity contribution >= 4 is 16.9 Å². The summed E-state index contributed by atoms with van der Waals surface area (Å²) in [5, 5.41) is 10.3. The number of amides is 1. The average molecular weight is 205 g/mol. The third-order valence-corrected chi connectivity index (χ3v) is 2.17. The molecule has 0 unspecified atom stereocenters. The molecule has 4 nitrogen and oxygen atoms in total. The molecule has 4 heteroatoms. The Morgan fingerprint density at radius 1 is 1.33 bits per heavy atom. The molecule has 1 amide bonds. The van der Waals surface area contributed by atoms with Crippen LogP contribution in [-0.2, 0) is 0 Å². The number of hydrogen-bond donors (Lipinski definition) is 1. The molecular formula is C11H11NO3. The molecule has 1 aromatic carbocycles. The van der Waals surface area contributed by atoms with Crippen LogP contribution in [0.4, 0.5) is 0 Å². The Morgan fingerprint density at radius 3 is 2.60 bits per heavy atom. The van der Waals surface area contributed by atoms with E-state index in [1.54, 1.807) is 38.4 Å². The molecule has 0 saturated heterocycles. The van der Waals surface area contributed by atoms with E-state index in [4.69, 9.17) is 4.42 Å². The van der Waals surface area contributed by atoms with Crippen molar-refractivity contribution in [2.75, 3.05) is 14.1 Å². The summed E-state index contributed by atoms with van der Waals surface area (Å²) in [4.78, 5) is 13.0. The molecule has 0 radical (unpaired) electrons. The van der Waals surface area contributed by atoms with E-state index in [-0.39, 0.29) is 17.4 Å². The number of aromatic hydroxyl groups is 1. The number of carbonyl (C=O) groups excluding carboxylic acids is 1. The van der Waals surface area contributed by atoms with Gasteiger partial charge >= 0.3 is 0 Å². The largest absolute Gasteiger partial charge is 0.504 e. The molecule has 1 heterocycles. The lowest BCUT2D eigenvalue weighted by Crippen LogP contribution is -2.21. The topological polar surface area (TPSA) is 53.7 Å². The minimum atomic E-state index is -0.344. The third-order valence-electron chi connectivity index (χ3n) is 2.17. The number of para-hydroxylation sites is 1. The lowest BCUT2D eigenvalue weighted by atomic mass is 10.2. The normalized spacial score (nSPS) is 10.5. The summed E-state index contributed by atoms with van der Waals surface area (Å²) < 4.78 is 5.28. The quantitative estimate of drug-likeness (QED) is 0.772. The molecule has 15 heavy (non-hydrogen) atoms. The molecule has 0 saturated carbocycles. The maximum atomic E-state index is 11.6. The predicted molar refractivity (Wildman–Crippen MR) is 55.9 cm³/mol. The van der Waals surface area contributed by atoms with Gasteiger partial charge in [0.2, 0.25) is 5.76 Å². The molecule has 1 N–H and O–H groups in total. The smallest absolute Gasteiger partial charge is 0.293 e. The SMILES string of the molecule is CN(C)C(=O)c1oc2ccccc2c1O. The maximum absolute atomic E-state index is 11.6. The van der Waals surface area contributed by atoms with Gasteiger partial charge in [-0.25, -0.2) is 0 Å². The van der Waals surface area contributed by atoms with Crippen molar-refractivity contribution in [3.8, 4) is 5.75 Å². The van der Waals surface area contributed by atoms with Crippen LogP contribution in [-0.4, -0.2) is 30.0 Å². The van der Waals surface area contributed by atoms with Crippen molar-refractivity contribution in [1.29, 1.82) is 0 Å². The fraction of sp³-hybridized carbons (Fsp3) is 0.182. The minimum absolute atomic E-state index is 0.0128. The van der Waals surface area contributed by atoms with E-state index < -0.39 is 0 Å². The third kappa shape index (κ3) is 1.44. The van der Waals surface area contributed by atoms with Gasteiger partial charge in [-0.3, -0.25) is 4.79 Å². The van der Waals surface area contributed by atoms with Gasteiger partial charge in [0.25, 0.3) is 5.91 Å². The van der Waals surface area contributed by atoms with E-state index in [0.29, 0.717) is 11.0 Å². The van der Waals surface area contributed by atoms with E-state index in [9.17, 15) is 9.90 Å². The number of fused-ring (bicyclic) bond motifs is 1. The summed E-state index contributed by atoms with van der Waals surface area (Å²) >= 11 is 0. The molecule has 0 atom stereocenters. The highest BCUT2D eigenvalue weighted by atomic mass is 16.4. The van der Waals surface area contributed by atoms with Crippen molar-refractivity contribution in [2.24, 2.45) is 0 Å². The van der Waals surface area contributed by atoms with Crippen molar-refractivity contribution in [3.63, 3.8) is 0 Å². The predicted octanol–water partition coefficient (Wildman–Crippen LogP) is 1.84. The molecule has 0 aliphatic carbocycles. The number of benzene rings is 1. The Morgan fingerprint density at radius 2 is 2.00 bits per heavy atom. The lowest BCUT2D eigenvalue weighted by Gasteiger charge is -2.06. The molecular weight excluding hydrogens is 194 g/mol. The van der Waals surface area contributed by atoms with Gasteiger partial charge < -0.3 is 14.4 Å². The van der Waals surface area contributed by atoms with Crippen molar-refractivity contribution < 1.29 is 14.3 Å². The Labute approximate surface area is 86.7 Å². The molecule has 0 spiro atoms. The van der Waals surface area contributed by atoms with Gasteiger partial charge in [0.15, 0.2) is 5.75 Å². The van der Waals surface area contributed by atoms with Gasteiger partial charge in [-0.1, -0.05) is 12.1 Å². The van der Waals surface area contributed by atoms with E-state index in [0.717, 1.165) is 0 Å². The number of furan rings is 1.